The van der Waals surface area contributed by atoms with Crippen LogP contribution in [0.2, 0.25) is 0 Å². The zero-order chi connectivity index (χ0) is 13.1. The fourth-order valence-corrected chi connectivity index (χ4v) is 1.80. The first-order valence-corrected chi connectivity index (χ1v) is 5.46. The van der Waals surface area contributed by atoms with E-state index >= 15 is 0 Å². The first kappa shape index (κ1) is 12.1. The lowest BCUT2D eigenvalue weighted by Crippen LogP contribution is -1.91. The van der Waals surface area contributed by atoms with Crippen molar-refractivity contribution in [3.63, 3.8) is 0 Å². The van der Waals surface area contributed by atoms with Crippen molar-refractivity contribution in [2.45, 2.75) is 6.92 Å². The molecule has 1 N–H and O–H groups in total. The van der Waals surface area contributed by atoms with Gasteiger partial charge in [0.25, 0.3) is 0 Å². The second-order valence-electron chi connectivity index (χ2n) is 3.91. The molecule has 1 aromatic carbocycles. The van der Waals surface area contributed by atoms with Crippen molar-refractivity contribution in [2.24, 2.45) is 0 Å². The summed E-state index contributed by atoms with van der Waals surface area (Å²) in [5.74, 6) is -0.236. The maximum Gasteiger partial charge on any atom is 0.328 e. The van der Waals surface area contributed by atoms with Crippen LogP contribution in [0.5, 0.6) is 5.75 Å². The number of aliphatic carboxylic acids is 1. The van der Waals surface area contributed by atoms with Crippen molar-refractivity contribution in [3.8, 4) is 5.75 Å². The molecule has 1 aromatic heterocycles. The lowest BCUT2D eigenvalue weighted by molar-refractivity contribution is -0.131. The monoisotopic (exact) mass is 243 g/mol. The number of ether oxygens (including phenoxy) is 1. The molecule has 4 heteroatoms. The smallest absolute Gasteiger partial charge is 0.328 e. The predicted octanol–water partition coefficient (Wildman–Crippen LogP) is 2.65. The van der Waals surface area contributed by atoms with Crippen LogP contribution in [0.1, 0.15) is 11.3 Å². The third kappa shape index (κ3) is 2.48. The number of aromatic nitrogens is 1. The summed E-state index contributed by atoms with van der Waals surface area (Å²) in [6.45, 7) is 1.87. The number of aryl methyl sites for hydroxylation is 1. The number of rotatable bonds is 3. The SMILES string of the molecule is COc1ccc2c(/C=C/C(=O)O)cc(C)nc2c1. The van der Waals surface area contributed by atoms with Gasteiger partial charge in [-0.1, -0.05) is 0 Å². The van der Waals surface area contributed by atoms with E-state index in [4.69, 9.17) is 9.84 Å². The van der Waals surface area contributed by atoms with E-state index in [1.54, 1.807) is 13.2 Å². The highest BCUT2D eigenvalue weighted by molar-refractivity contribution is 5.93. The number of hydrogen-bond acceptors (Lipinski definition) is 3. The summed E-state index contributed by atoms with van der Waals surface area (Å²) >= 11 is 0. The maximum absolute atomic E-state index is 10.6. The Morgan fingerprint density at radius 1 is 1.39 bits per heavy atom. The predicted molar refractivity (Wildman–Crippen MR) is 69.7 cm³/mol. The van der Waals surface area contributed by atoms with Crippen molar-refractivity contribution in [1.82, 2.24) is 4.98 Å². The molecule has 0 saturated heterocycles. The number of pyridine rings is 1. The first-order chi connectivity index (χ1) is 8.60. The van der Waals surface area contributed by atoms with Crippen LogP contribution in [0.4, 0.5) is 0 Å². The van der Waals surface area contributed by atoms with Gasteiger partial charge in [-0.25, -0.2) is 4.79 Å². The van der Waals surface area contributed by atoms with Gasteiger partial charge in [-0.05, 0) is 36.8 Å². The fourth-order valence-electron chi connectivity index (χ4n) is 1.80. The Labute approximate surface area is 105 Å². The molecule has 92 valence electrons. The van der Waals surface area contributed by atoms with Crippen LogP contribution < -0.4 is 4.74 Å². The minimum atomic E-state index is -0.967. The first-order valence-electron chi connectivity index (χ1n) is 5.46. The maximum atomic E-state index is 10.6. The van der Waals surface area contributed by atoms with Crippen LogP contribution >= 0.6 is 0 Å². The Bertz CT molecular complexity index is 632. The molecule has 2 aromatic rings. The summed E-state index contributed by atoms with van der Waals surface area (Å²) in [5, 5.41) is 9.58. The zero-order valence-electron chi connectivity index (χ0n) is 10.2. The number of benzene rings is 1. The van der Waals surface area contributed by atoms with E-state index in [1.165, 1.54) is 0 Å². The summed E-state index contributed by atoms with van der Waals surface area (Å²) in [6, 6.07) is 7.40. The van der Waals surface area contributed by atoms with Gasteiger partial charge in [-0.15, -0.1) is 0 Å². The molecule has 0 aliphatic carbocycles. The molecular formula is C14H13NO3. The summed E-state index contributed by atoms with van der Waals surface area (Å²) in [7, 11) is 1.60. The van der Waals surface area contributed by atoms with Crippen molar-refractivity contribution in [2.75, 3.05) is 7.11 Å². The van der Waals surface area contributed by atoms with E-state index in [2.05, 4.69) is 4.98 Å². The van der Waals surface area contributed by atoms with Gasteiger partial charge in [0.05, 0.1) is 12.6 Å². The molecule has 0 fully saturated rings. The summed E-state index contributed by atoms with van der Waals surface area (Å²) in [6.07, 6.45) is 2.70. The van der Waals surface area contributed by atoms with Crippen LogP contribution in [-0.4, -0.2) is 23.2 Å². The number of methoxy groups -OCH3 is 1. The highest BCUT2D eigenvalue weighted by Gasteiger charge is 2.03. The van der Waals surface area contributed by atoms with Crippen molar-refractivity contribution >= 4 is 22.9 Å². The van der Waals surface area contributed by atoms with Gasteiger partial charge in [0, 0.05) is 23.2 Å². The number of carboxylic acids is 1. The van der Waals surface area contributed by atoms with Gasteiger partial charge in [0.1, 0.15) is 5.75 Å². The third-order valence-electron chi connectivity index (χ3n) is 2.58. The average Bonchev–Trinajstić information content (AvgIpc) is 2.34. The Balaban J connectivity index is 2.62. The number of hydrogen-bond donors (Lipinski definition) is 1. The molecule has 4 nitrogen and oxygen atoms in total. The third-order valence-corrected chi connectivity index (χ3v) is 2.58. The lowest BCUT2D eigenvalue weighted by atomic mass is 10.1. The molecule has 0 amide bonds. The van der Waals surface area contributed by atoms with E-state index in [0.717, 1.165) is 34.0 Å². The Morgan fingerprint density at radius 3 is 2.83 bits per heavy atom. The van der Waals surface area contributed by atoms with E-state index in [0.29, 0.717) is 0 Å². The van der Waals surface area contributed by atoms with Crippen molar-refractivity contribution in [3.05, 3.63) is 41.6 Å². The second kappa shape index (κ2) is 4.87. The fraction of sp³-hybridized carbons (Fsp3) is 0.143. The molecule has 0 saturated carbocycles. The Hall–Kier alpha value is -2.36. The van der Waals surface area contributed by atoms with Gasteiger partial charge in [-0.2, -0.15) is 0 Å². The second-order valence-corrected chi connectivity index (χ2v) is 3.91. The number of carbonyl (C=O) groups is 1. The summed E-state index contributed by atoms with van der Waals surface area (Å²) in [5.41, 5.74) is 2.46. The van der Waals surface area contributed by atoms with Crippen LogP contribution in [0.15, 0.2) is 30.3 Å². The van der Waals surface area contributed by atoms with E-state index in [-0.39, 0.29) is 0 Å². The van der Waals surface area contributed by atoms with Gasteiger partial charge in [-0.3, -0.25) is 4.98 Å². The standard InChI is InChI=1S/C14H13NO3/c1-9-7-10(3-6-14(16)17)12-5-4-11(18-2)8-13(12)15-9/h3-8H,1-2H3,(H,16,17)/b6-3+. The van der Waals surface area contributed by atoms with Crippen molar-refractivity contribution in [1.29, 1.82) is 0 Å². The van der Waals surface area contributed by atoms with Crippen LogP contribution in [-0.2, 0) is 4.79 Å². The molecule has 0 radical (unpaired) electrons. The summed E-state index contributed by atoms with van der Waals surface area (Å²) in [4.78, 5) is 15.0. The van der Waals surface area contributed by atoms with Gasteiger partial charge < -0.3 is 9.84 Å². The molecule has 2 rings (SSSR count). The number of carboxylic acid groups (broad SMARTS) is 1. The Kier molecular flexibility index (Phi) is 3.28. The lowest BCUT2D eigenvalue weighted by Gasteiger charge is -2.06. The zero-order valence-corrected chi connectivity index (χ0v) is 10.2. The number of nitrogens with zero attached hydrogens (tertiary/aromatic N) is 1. The minimum absolute atomic E-state index is 0.730. The van der Waals surface area contributed by atoms with Crippen LogP contribution in [0.3, 0.4) is 0 Å². The van der Waals surface area contributed by atoms with E-state index < -0.39 is 5.97 Å². The molecule has 0 bridgehead atoms. The van der Waals surface area contributed by atoms with E-state index in [9.17, 15) is 4.79 Å². The molecule has 0 aliphatic heterocycles. The van der Waals surface area contributed by atoms with Crippen LogP contribution in [0, 0.1) is 6.92 Å². The highest BCUT2D eigenvalue weighted by atomic mass is 16.5. The van der Waals surface area contributed by atoms with E-state index in [1.807, 2.05) is 31.2 Å². The molecule has 0 unspecified atom stereocenters. The molecule has 1 heterocycles. The van der Waals surface area contributed by atoms with Gasteiger partial charge in [0.2, 0.25) is 0 Å². The summed E-state index contributed by atoms with van der Waals surface area (Å²) < 4.78 is 5.15. The quantitative estimate of drug-likeness (QED) is 0.842. The topological polar surface area (TPSA) is 59.4 Å². The molecular weight excluding hydrogens is 230 g/mol. The molecule has 0 spiro atoms. The minimum Gasteiger partial charge on any atom is -0.497 e. The van der Waals surface area contributed by atoms with Crippen molar-refractivity contribution < 1.29 is 14.6 Å². The van der Waals surface area contributed by atoms with Crippen LogP contribution in [0.25, 0.3) is 17.0 Å². The molecule has 18 heavy (non-hydrogen) atoms. The Morgan fingerprint density at radius 2 is 2.17 bits per heavy atom. The largest absolute Gasteiger partial charge is 0.497 e. The normalized spacial score (nSPS) is 11.0. The average molecular weight is 243 g/mol. The highest BCUT2D eigenvalue weighted by Crippen LogP contribution is 2.24. The molecule has 0 aliphatic rings. The molecule has 0 atom stereocenters. The van der Waals surface area contributed by atoms with Gasteiger partial charge in [0.15, 0.2) is 0 Å². The number of fused-ring (bicyclic) bond motifs is 1. The van der Waals surface area contributed by atoms with Gasteiger partial charge >= 0.3 is 5.97 Å².